The number of rotatable bonds is 6. The molecule has 3 fully saturated rings. The predicted molar refractivity (Wildman–Crippen MR) is 134 cm³/mol. The number of hydrogen-bond acceptors (Lipinski definition) is 7. The smallest absolute Gasteiger partial charge is 0.229 e. The van der Waals surface area contributed by atoms with Crippen molar-refractivity contribution in [2.45, 2.75) is 95.2 Å². The lowest BCUT2D eigenvalue weighted by Crippen LogP contribution is -2.39. The number of likely N-dealkylation sites (tertiary alicyclic amines) is 1. The van der Waals surface area contributed by atoms with Gasteiger partial charge in [0.2, 0.25) is 5.95 Å². The first-order valence-corrected chi connectivity index (χ1v) is 13.0. The molecule has 4 N–H and O–H groups in total. The summed E-state index contributed by atoms with van der Waals surface area (Å²) >= 11 is 0. The first kappa shape index (κ1) is 22.5. The van der Waals surface area contributed by atoms with Crippen LogP contribution >= 0.6 is 0 Å². The number of piperidine rings is 1. The van der Waals surface area contributed by atoms with Crippen molar-refractivity contribution in [2.75, 3.05) is 23.7 Å². The highest BCUT2D eigenvalue weighted by Crippen LogP contribution is 2.36. The minimum atomic E-state index is 0.347. The summed E-state index contributed by atoms with van der Waals surface area (Å²) in [6.07, 6.45) is 16.2. The summed E-state index contributed by atoms with van der Waals surface area (Å²) < 4.78 is 0. The van der Waals surface area contributed by atoms with E-state index in [9.17, 15) is 0 Å². The van der Waals surface area contributed by atoms with Gasteiger partial charge in [0, 0.05) is 47.5 Å². The molecular formula is C26H39N7. The van der Waals surface area contributed by atoms with Gasteiger partial charge in [-0.3, -0.25) is 4.98 Å². The molecule has 0 spiro atoms. The van der Waals surface area contributed by atoms with Crippen LogP contribution in [0.1, 0.15) is 81.4 Å². The van der Waals surface area contributed by atoms with Gasteiger partial charge in [-0.25, -0.2) is 4.98 Å². The summed E-state index contributed by atoms with van der Waals surface area (Å²) in [5.74, 6) is 2.18. The fraction of sp³-hybridized carbons (Fsp3) is 0.654. The van der Waals surface area contributed by atoms with E-state index >= 15 is 0 Å². The van der Waals surface area contributed by atoms with Gasteiger partial charge < -0.3 is 21.3 Å². The molecule has 7 heteroatoms. The van der Waals surface area contributed by atoms with Crippen molar-refractivity contribution in [1.29, 1.82) is 0 Å². The molecule has 2 aromatic rings. The Balaban J connectivity index is 1.33. The van der Waals surface area contributed by atoms with Crippen molar-refractivity contribution in [3.63, 3.8) is 0 Å². The van der Waals surface area contributed by atoms with E-state index in [1.807, 2.05) is 25.3 Å². The lowest BCUT2D eigenvalue weighted by molar-refractivity contribution is 0.154. The van der Waals surface area contributed by atoms with Crippen LogP contribution in [0.4, 0.5) is 17.5 Å². The average Bonchev–Trinajstić information content (AvgIpc) is 3.36. The van der Waals surface area contributed by atoms with Gasteiger partial charge >= 0.3 is 0 Å². The van der Waals surface area contributed by atoms with Crippen molar-refractivity contribution in [3.8, 4) is 0 Å². The van der Waals surface area contributed by atoms with Gasteiger partial charge in [-0.2, -0.15) is 4.98 Å². The van der Waals surface area contributed by atoms with Gasteiger partial charge in [0.1, 0.15) is 5.82 Å². The Hall–Kier alpha value is -2.25. The van der Waals surface area contributed by atoms with Crippen LogP contribution in [-0.4, -0.2) is 51.1 Å². The molecule has 0 atom stereocenters. The molecule has 1 aliphatic heterocycles. The summed E-state index contributed by atoms with van der Waals surface area (Å²) in [7, 11) is 0. The van der Waals surface area contributed by atoms with Crippen LogP contribution in [0, 0.1) is 6.92 Å². The topological polar surface area (TPSA) is 92.0 Å². The molecule has 0 unspecified atom stereocenters. The van der Waals surface area contributed by atoms with Crippen LogP contribution in [0.5, 0.6) is 0 Å². The third kappa shape index (κ3) is 5.64. The van der Waals surface area contributed by atoms with Crippen molar-refractivity contribution < 1.29 is 0 Å². The number of pyridine rings is 1. The first-order chi connectivity index (χ1) is 16.1. The zero-order valence-electron chi connectivity index (χ0n) is 20.0. The minimum absolute atomic E-state index is 0.347. The maximum Gasteiger partial charge on any atom is 0.229 e. The normalized spacial score (nSPS) is 25.3. The quantitative estimate of drug-likeness (QED) is 0.587. The molecule has 0 aromatic carbocycles. The van der Waals surface area contributed by atoms with Crippen LogP contribution in [0.2, 0.25) is 0 Å². The standard InChI is InChI=1S/C26H39N7/c1-18-16-22(10-13-28-18)31-26-29-17-24(25(32-26)30-21-8-6-20(27)7-9-21)19-11-14-33(15-12-19)23-4-2-3-5-23/h10,13,16-17,19-21,23H,2-9,11-12,14-15,27H2,1H3,(H2,28,29,30,31,32). The molecule has 178 valence electrons. The Morgan fingerprint density at radius 3 is 2.45 bits per heavy atom. The fourth-order valence-electron chi connectivity index (χ4n) is 5.92. The maximum absolute atomic E-state index is 6.15. The van der Waals surface area contributed by atoms with Gasteiger partial charge in [0.25, 0.3) is 0 Å². The molecule has 3 heterocycles. The molecule has 7 nitrogen and oxygen atoms in total. The molecule has 3 aliphatic rings. The second-order valence-corrected chi connectivity index (χ2v) is 10.3. The molecule has 0 bridgehead atoms. The Labute approximate surface area is 198 Å². The Kier molecular flexibility index (Phi) is 7.07. The third-order valence-corrected chi connectivity index (χ3v) is 7.89. The lowest BCUT2D eigenvalue weighted by Gasteiger charge is -2.37. The molecular weight excluding hydrogens is 410 g/mol. The third-order valence-electron chi connectivity index (χ3n) is 7.89. The molecule has 2 aliphatic carbocycles. The van der Waals surface area contributed by atoms with Crippen molar-refractivity contribution >= 4 is 17.5 Å². The summed E-state index contributed by atoms with van der Waals surface area (Å²) in [6.45, 7) is 4.39. The monoisotopic (exact) mass is 449 g/mol. The van der Waals surface area contributed by atoms with Crippen molar-refractivity contribution in [2.24, 2.45) is 5.73 Å². The Morgan fingerprint density at radius 2 is 1.73 bits per heavy atom. The second-order valence-electron chi connectivity index (χ2n) is 10.3. The minimum Gasteiger partial charge on any atom is -0.367 e. The van der Waals surface area contributed by atoms with Gasteiger partial charge in [0.15, 0.2) is 0 Å². The molecule has 2 saturated carbocycles. The summed E-state index contributed by atoms with van der Waals surface area (Å²) in [4.78, 5) is 16.7. The van der Waals surface area contributed by atoms with Crippen LogP contribution in [0.15, 0.2) is 24.5 Å². The van der Waals surface area contributed by atoms with Crippen molar-refractivity contribution in [1.82, 2.24) is 19.9 Å². The summed E-state index contributed by atoms with van der Waals surface area (Å²) in [6, 6.07) is 5.58. The number of nitrogens with two attached hydrogens (primary N) is 1. The SMILES string of the molecule is Cc1cc(Nc2ncc(C3CCN(C4CCCC4)CC3)c(NC3CCC(N)CC3)n2)ccn1. The van der Waals surface area contributed by atoms with E-state index in [-0.39, 0.29) is 0 Å². The van der Waals surface area contributed by atoms with E-state index in [1.54, 1.807) is 0 Å². The predicted octanol–water partition coefficient (Wildman–Crippen LogP) is 4.73. The highest BCUT2D eigenvalue weighted by molar-refractivity contribution is 5.57. The van der Waals surface area contributed by atoms with Gasteiger partial charge in [0.05, 0.1) is 0 Å². The fourth-order valence-corrected chi connectivity index (χ4v) is 5.92. The second kappa shape index (κ2) is 10.3. The Morgan fingerprint density at radius 1 is 0.970 bits per heavy atom. The first-order valence-electron chi connectivity index (χ1n) is 13.0. The number of nitrogens with zero attached hydrogens (tertiary/aromatic N) is 4. The van der Waals surface area contributed by atoms with Gasteiger partial charge in [-0.05, 0) is 89.4 Å². The zero-order valence-corrected chi connectivity index (χ0v) is 20.0. The maximum atomic E-state index is 6.15. The van der Waals surface area contributed by atoms with Crippen LogP contribution in [0.3, 0.4) is 0 Å². The van der Waals surface area contributed by atoms with Crippen LogP contribution in [0.25, 0.3) is 0 Å². The molecule has 1 saturated heterocycles. The van der Waals surface area contributed by atoms with E-state index in [0.29, 0.717) is 23.9 Å². The number of aryl methyl sites for hydroxylation is 1. The largest absolute Gasteiger partial charge is 0.367 e. The molecule has 5 rings (SSSR count). The number of aromatic nitrogens is 3. The van der Waals surface area contributed by atoms with E-state index < -0.39 is 0 Å². The number of anilines is 3. The van der Waals surface area contributed by atoms with Crippen molar-refractivity contribution in [3.05, 3.63) is 35.8 Å². The molecule has 0 radical (unpaired) electrons. The molecule has 0 amide bonds. The highest BCUT2D eigenvalue weighted by Gasteiger charge is 2.30. The highest BCUT2D eigenvalue weighted by atomic mass is 15.2. The number of nitrogens with one attached hydrogen (secondary N) is 2. The van der Waals surface area contributed by atoms with Crippen LogP contribution < -0.4 is 16.4 Å². The summed E-state index contributed by atoms with van der Waals surface area (Å²) in [5, 5.41) is 7.17. The zero-order chi connectivity index (χ0) is 22.6. The average molecular weight is 450 g/mol. The molecule has 33 heavy (non-hydrogen) atoms. The van der Waals surface area contributed by atoms with Gasteiger partial charge in [-0.15, -0.1) is 0 Å². The van der Waals surface area contributed by atoms with Crippen LogP contribution in [-0.2, 0) is 0 Å². The van der Waals surface area contributed by atoms with E-state index in [1.165, 1.54) is 57.2 Å². The molecule has 2 aromatic heterocycles. The van der Waals surface area contributed by atoms with Gasteiger partial charge in [-0.1, -0.05) is 12.8 Å². The summed E-state index contributed by atoms with van der Waals surface area (Å²) in [5.41, 5.74) is 9.38. The lowest BCUT2D eigenvalue weighted by atomic mass is 9.88. The Bertz CT molecular complexity index is 911. The number of hydrogen-bond donors (Lipinski definition) is 3. The van der Waals surface area contributed by atoms with E-state index in [4.69, 9.17) is 15.7 Å². The van der Waals surface area contributed by atoms with E-state index in [2.05, 4.69) is 26.7 Å². The van der Waals surface area contributed by atoms with E-state index in [0.717, 1.165) is 48.9 Å².